The first-order valence-electron chi connectivity index (χ1n) is 7.81. The summed E-state index contributed by atoms with van der Waals surface area (Å²) in [5.74, 6) is -1.24. The molecule has 0 spiro atoms. The van der Waals surface area contributed by atoms with Gasteiger partial charge in [-0.25, -0.2) is 8.78 Å². The summed E-state index contributed by atoms with van der Waals surface area (Å²) >= 11 is 0. The van der Waals surface area contributed by atoms with Gasteiger partial charge in [0.15, 0.2) is 0 Å². The molecule has 0 aliphatic rings. The quantitative estimate of drug-likeness (QED) is 0.454. The Morgan fingerprint density at radius 3 is 2.00 bits per heavy atom. The smallest absolute Gasteiger partial charge is 0.416 e. The van der Waals surface area contributed by atoms with E-state index in [0.717, 1.165) is 18.2 Å². The molecule has 0 unspecified atom stereocenters. The van der Waals surface area contributed by atoms with Crippen LogP contribution in [-0.2, 0) is 6.18 Å². The topological polar surface area (TPSA) is 35.2 Å². The lowest BCUT2D eigenvalue weighted by Crippen LogP contribution is -2.06. The maximum Gasteiger partial charge on any atom is 0.416 e. The lowest BCUT2D eigenvalue weighted by Gasteiger charge is -2.14. The van der Waals surface area contributed by atoms with E-state index in [1.54, 1.807) is 24.3 Å². The Balaban J connectivity index is 2.13. The molecule has 0 saturated heterocycles. The normalized spacial score (nSPS) is 11.5. The molecule has 0 aromatic heterocycles. The van der Waals surface area contributed by atoms with Crippen LogP contribution in [-0.4, -0.2) is 7.11 Å². The molecular formula is C20H14F5NO. The van der Waals surface area contributed by atoms with Crippen LogP contribution in [0.1, 0.15) is 5.56 Å². The maximum atomic E-state index is 14.3. The minimum Gasteiger partial charge on any atom is -0.497 e. The third-order valence-electron chi connectivity index (χ3n) is 4.13. The molecule has 0 aliphatic heterocycles. The Morgan fingerprint density at radius 2 is 1.44 bits per heavy atom. The number of rotatable bonds is 3. The number of anilines is 1. The molecule has 2 nitrogen and oxygen atoms in total. The van der Waals surface area contributed by atoms with Crippen LogP contribution in [0.2, 0.25) is 0 Å². The van der Waals surface area contributed by atoms with Crippen LogP contribution >= 0.6 is 0 Å². The Labute approximate surface area is 152 Å². The number of hydrogen-bond donors (Lipinski definition) is 1. The van der Waals surface area contributed by atoms with E-state index in [4.69, 9.17) is 10.5 Å². The molecule has 3 aromatic carbocycles. The molecule has 0 saturated carbocycles. The molecule has 0 radical (unpaired) electrons. The van der Waals surface area contributed by atoms with Gasteiger partial charge in [0, 0.05) is 22.4 Å². The number of nitrogen functional groups attached to an aromatic ring is 1. The lowest BCUT2D eigenvalue weighted by atomic mass is 9.95. The molecule has 3 aromatic rings. The van der Waals surface area contributed by atoms with Crippen molar-refractivity contribution in [3.63, 3.8) is 0 Å². The highest BCUT2D eigenvalue weighted by Crippen LogP contribution is 2.39. The van der Waals surface area contributed by atoms with Crippen molar-refractivity contribution >= 4 is 5.69 Å². The van der Waals surface area contributed by atoms with Crippen LogP contribution in [0.15, 0.2) is 54.6 Å². The molecule has 140 valence electrons. The summed E-state index contributed by atoms with van der Waals surface area (Å²) in [6.07, 6.45) is -4.68. The molecule has 2 N–H and O–H groups in total. The number of halogens is 5. The monoisotopic (exact) mass is 379 g/mol. The van der Waals surface area contributed by atoms with E-state index in [9.17, 15) is 22.0 Å². The van der Waals surface area contributed by atoms with Crippen molar-refractivity contribution in [3.05, 3.63) is 71.8 Å². The number of ether oxygens (including phenoxy) is 1. The van der Waals surface area contributed by atoms with Crippen LogP contribution in [0.25, 0.3) is 22.3 Å². The Hall–Kier alpha value is -3.09. The third-order valence-corrected chi connectivity index (χ3v) is 4.13. The second-order valence-electron chi connectivity index (χ2n) is 5.84. The van der Waals surface area contributed by atoms with E-state index in [2.05, 4.69) is 0 Å². The lowest BCUT2D eigenvalue weighted by molar-refractivity contribution is -0.137. The predicted molar refractivity (Wildman–Crippen MR) is 93.2 cm³/mol. The maximum absolute atomic E-state index is 14.3. The van der Waals surface area contributed by atoms with Crippen molar-refractivity contribution in [3.8, 4) is 28.0 Å². The van der Waals surface area contributed by atoms with Gasteiger partial charge in [-0.05, 0) is 42.0 Å². The second-order valence-corrected chi connectivity index (χ2v) is 5.84. The molecule has 7 heteroatoms. The summed E-state index contributed by atoms with van der Waals surface area (Å²) in [5.41, 5.74) is 5.64. The van der Waals surface area contributed by atoms with Crippen molar-refractivity contribution in [1.82, 2.24) is 0 Å². The Bertz CT molecular complexity index is 981. The van der Waals surface area contributed by atoms with E-state index in [1.165, 1.54) is 13.2 Å². The number of hydrogen-bond acceptors (Lipinski definition) is 2. The molecule has 0 bridgehead atoms. The van der Waals surface area contributed by atoms with E-state index < -0.39 is 23.4 Å². The highest BCUT2D eigenvalue weighted by molar-refractivity contribution is 5.89. The van der Waals surface area contributed by atoms with E-state index in [1.807, 2.05) is 0 Å². The fraction of sp³-hybridized carbons (Fsp3) is 0.100. The number of methoxy groups -OCH3 is 1. The first kappa shape index (κ1) is 18.7. The highest BCUT2D eigenvalue weighted by atomic mass is 19.4. The molecule has 0 atom stereocenters. The van der Waals surface area contributed by atoms with Gasteiger partial charge in [0.2, 0.25) is 0 Å². The average Bonchev–Trinajstić information content (AvgIpc) is 2.63. The molecule has 3 rings (SSSR count). The van der Waals surface area contributed by atoms with Crippen molar-refractivity contribution in [2.24, 2.45) is 0 Å². The van der Waals surface area contributed by atoms with Gasteiger partial charge in [-0.2, -0.15) is 13.2 Å². The first-order valence-corrected chi connectivity index (χ1v) is 7.81. The summed E-state index contributed by atoms with van der Waals surface area (Å²) in [6.45, 7) is 0. The van der Waals surface area contributed by atoms with Gasteiger partial charge in [-0.3, -0.25) is 0 Å². The van der Waals surface area contributed by atoms with Gasteiger partial charge < -0.3 is 10.5 Å². The van der Waals surface area contributed by atoms with Gasteiger partial charge in [0.05, 0.1) is 12.7 Å². The van der Waals surface area contributed by atoms with Crippen LogP contribution < -0.4 is 10.5 Å². The van der Waals surface area contributed by atoms with Gasteiger partial charge in [0.25, 0.3) is 0 Å². The minimum absolute atomic E-state index is 0.0213. The summed E-state index contributed by atoms with van der Waals surface area (Å²) in [4.78, 5) is 0. The summed E-state index contributed by atoms with van der Waals surface area (Å²) in [6, 6.07) is 10.8. The van der Waals surface area contributed by atoms with E-state index in [-0.39, 0.29) is 16.8 Å². The van der Waals surface area contributed by atoms with Crippen LogP contribution in [0.5, 0.6) is 5.75 Å². The Morgan fingerprint density at radius 1 is 0.815 bits per heavy atom. The number of nitrogens with two attached hydrogens (primary N) is 1. The molecular weight excluding hydrogens is 365 g/mol. The molecule has 0 fully saturated rings. The highest BCUT2D eigenvalue weighted by Gasteiger charge is 2.31. The largest absolute Gasteiger partial charge is 0.497 e. The molecule has 27 heavy (non-hydrogen) atoms. The van der Waals surface area contributed by atoms with Crippen molar-refractivity contribution in [2.75, 3.05) is 12.8 Å². The number of benzene rings is 3. The van der Waals surface area contributed by atoms with Gasteiger partial charge >= 0.3 is 6.18 Å². The van der Waals surface area contributed by atoms with Crippen LogP contribution in [0, 0.1) is 11.6 Å². The fourth-order valence-corrected chi connectivity index (χ4v) is 2.76. The van der Waals surface area contributed by atoms with E-state index in [0.29, 0.717) is 22.9 Å². The van der Waals surface area contributed by atoms with Gasteiger partial charge in [-0.15, -0.1) is 0 Å². The average molecular weight is 379 g/mol. The molecule has 0 amide bonds. The molecule has 0 aliphatic carbocycles. The zero-order chi connectivity index (χ0) is 19.8. The van der Waals surface area contributed by atoms with Crippen molar-refractivity contribution in [2.45, 2.75) is 6.18 Å². The number of alkyl halides is 3. The van der Waals surface area contributed by atoms with Gasteiger partial charge in [0.1, 0.15) is 17.4 Å². The van der Waals surface area contributed by atoms with Gasteiger partial charge in [-0.1, -0.05) is 18.2 Å². The third kappa shape index (κ3) is 3.72. The van der Waals surface area contributed by atoms with Crippen molar-refractivity contribution < 1.29 is 26.7 Å². The fourth-order valence-electron chi connectivity index (χ4n) is 2.76. The summed E-state index contributed by atoms with van der Waals surface area (Å²) in [5, 5.41) is 0. The summed E-state index contributed by atoms with van der Waals surface area (Å²) < 4.78 is 71.7. The second kappa shape index (κ2) is 6.90. The predicted octanol–water partition coefficient (Wildman–Crippen LogP) is 5.91. The standard InChI is InChI=1S/C20H14F5NO/c1-27-14-5-2-11(3-6-14)16-9-13(21)10-17(19(16)26)15-7-4-12(8-18(15)22)20(23,24)25/h2-10H,26H2,1H3. The zero-order valence-corrected chi connectivity index (χ0v) is 14.1. The Kier molecular flexibility index (Phi) is 4.78. The SMILES string of the molecule is COc1ccc(-c2cc(F)cc(-c3ccc(C(F)(F)F)cc3F)c2N)cc1. The van der Waals surface area contributed by atoms with Crippen molar-refractivity contribution in [1.29, 1.82) is 0 Å². The van der Waals surface area contributed by atoms with Crippen LogP contribution in [0.4, 0.5) is 27.6 Å². The minimum atomic E-state index is -4.68. The zero-order valence-electron chi connectivity index (χ0n) is 14.1. The first-order chi connectivity index (χ1) is 12.7. The summed E-state index contributed by atoms with van der Waals surface area (Å²) in [7, 11) is 1.50. The molecule has 0 heterocycles. The van der Waals surface area contributed by atoms with E-state index >= 15 is 0 Å². The van der Waals surface area contributed by atoms with Crippen LogP contribution in [0.3, 0.4) is 0 Å².